The number of aromatic nitrogens is 1. The SMILES string of the molecule is COc1cc(OC)cc(C(=O)N(CC(=O)N2CCn3cccc3[C@H]2c2cccc(Oc3ccccc3)c2)C(C)C)c1. The van der Waals surface area contributed by atoms with E-state index in [1.807, 2.05) is 91.7 Å². The second-order valence-corrected chi connectivity index (χ2v) is 10.2. The highest BCUT2D eigenvalue weighted by Crippen LogP contribution is 2.35. The molecule has 8 nitrogen and oxygen atoms in total. The molecule has 1 aliphatic rings. The fraction of sp³-hybridized carbons (Fsp3) is 0.273. The standard InChI is InChI=1S/C33H35N3O5/c1-23(2)36(33(38)25-19-28(39-3)21-29(20-25)40-4)22-31(37)35-17-16-34-15-9-14-30(34)32(35)24-10-8-13-27(18-24)41-26-11-6-5-7-12-26/h5-15,18-21,23,32H,16-17,22H2,1-4H3/t32-/m1/s1. The summed E-state index contributed by atoms with van der Waals surface area (Å²) in [6.45, 7) is 4.95. The van der Waals surface area contributed by atoms with Crippen LogP contribution in [-0.4, -0.2) is 59.5 Å². The molecule has 2 amide bonds. The Morgan fingerprint density at radius 3 is 2.22 bits per heavy atom. The first-order valence-corrected chi connectivity index (χ1v) is 13.7. The number of methoxy groups -OCH3 is 2. The lowest BCUT2D eigenvalue weighted by molar-refractivity contribution is -0.135. The quantitative estimate of drug-likeness (QED) is 0.263. The van der Waals surface area contributed by atoms with E-state index in [4.69, 9.17) is 14.2 Å². The van der Waals surface area contributed by atoms with Crippen molar-refractivity contribution in [2.75, 3.05) is 27.3 Å². The van der Waals surface area contributed by atoms with Gasteiger partial charge in [0.25, 0.3) is 5.91 Å². The first-order valence-electron chi connectivity index (χ1n) is 13.7. The summed E-state index contributed by atoms with van der Waals surface area (Å²) in [6, 6.07) is 26.0. The number of benzene rings is 3. The zero-order chi connectivity index (χ0) is 28.9. The van der Waals surface area contributed by atoms with Gasteiger partial charge in [0.1, 0.15) is 29.5 Å². The van der Waals surface area contributed by atoms with E-state index in [-0.39, 0.29) is 30.4 Å². The molecule has 5 rings (SSSR count). The van der Waals surface area contributed by atoms with E-state index in [1.165, 1.54) is 0 Å². The second kappa shape index (κ2) is 12.2. The Kier molecular flexibility index (Phi) is 8.29. The summed E-state index contributed by atoms with van der Waals surface area (Å²) in [5.74, 6) is 2.06. The third-order valence-corrected chi connectivity index (χ3v) is 7.30. The van der Waals surface area contributed by atoms with Crippen molar-refractivity contribution in [1.29, 1.82) is 0 Å². The van der Waals surface area contributed by atoms with Crippen molar-refractivity contribution >= 4 is 11.8 Å². The molecule has 0 unspecified atom stereocenters. The number of fused-ring (bicyclic) bond motifs is 1. The molecule has 3 aromatic carbocycles. The van der Waals surface area contributed by atoms with Crippen molar-refractivity contribution in [2.45, 2.75) is 32.5 Å². The zero-order valence-corrected chi connectivity index (χ0v) is 23.8. The van der Waals surface area contributed by atoms with Gasteiger partial charge in [-0.25, -0.2) is 0 Å². The van der Waals surface area contributed by atoms with Crippen molar-refractivity contribution in [1.82, 2.24) is 14.4 Å². The lowest BCUT2D eigenvalue weighted by atomic mass is 9.99. The van der Waals surface area contributed by atoms with Crippen LogP contribution in [0.2, 0.25) is 0 Å². The topological polar surface area (TPSA) is 73.2 Å². The Labute approximate surface area is 240 Å². The smallest absolute Gasteiger partial charge is 0.254 e. The molecule has 8 heteroatoms. The van der Waals surface area contributed by atoms with Gasteiger partial charge in [-0.1, -0.05) is 30.3 Å². The number of rotatable bonds is 9. The molecule has 0 saturated heterocycles. The monoisotopic (exact) mass is 553 g/mol. The molecule has 1 aromatic heterocycles. The van der Waals surface area contributed by atoms with Crippen molar-refractivity contribution in [3.05, 3.63) is 108 Å². The predicted molar refractivity (Wildman–Crippen MR) is 157 cm³/mol. The van der Waals surface area contributed by atoms with E-state index in [1.54, 1.807) is 37.3 Å². The number of amides is 2. The Morgan fingerprint density at radius 1 is 0.829 bits per heavy atom. The highest BCUT2D eigenvalue weighted by atomic mass is 16.5. The summed E-state index contributed by atoms with van der Waals surface area (Å²) in [4.78, 5) is 31.2. The molecule has 2 heterocycles. The largest absolute Gasteiger partial charge is 0.497 e. The van der Waals surface area contributed by atoms with Gasteiger partial charge in [0, 0.05) is 42.7 Å². The minimum Gasteiger partial charge on any atom is -0.497 e. The molecule has 0 fully saturated rings. The predicted octanol–water partition coefficient (Wildman–Crippen LogP) is 5.78. The average Bonchev–Trinajstić information content (AvgIpc) is 3.48. The van der Waals surface area contributed by atoms with Crippen LogP contribution in [0.3, 0.4) is 0 Å². The van der Waals surface area contributed by atoms with Crippen LogP contribution in [0.4, 0.5) is 0 Å². The summed E-state index contributed by atoms with van der Waals surface area (Å²) in [7, 11) is 3.08. The Morgan fingerprint density at radius 2 is 1.54 bits per heavy atom. The summed E-state index contributed by atoms with van der Waals surface area (Å²) >= 11 is 0. The second-order valence-electron chi connectivity index (χ2n) is 10.2. The number of hydrogen-bond acceptors (Lipinski definition) is 5. The van der Waals surface area contributed by atoms with Crippen LogP contribution in [0.5, 0.6) is 23.0 Å². The summed E-state index contributed by atoms with van der Waals surface area (Å²) in [6.07, 6.45) is 2.04. The Bertz CT molecular complexity index is 1490. The molecule has 0 radical (unpaired) electrons. The van der Waals surface area contributed by atoms with Gasteiger partial charge in [0.2, 0.25) is 5.91 Å². The lowest BCUT2D eigenvalue weighted by Crippen LogP contribution is -2.49. The Balaban J connectivity index is 1.43. The van der Waals surface area contributed by atoms with Crippen molar-refractivity contribution < 1.29 is 23.8 Å². The van der Waals surface area contributed by atoms with Crippen LogP contribution in [0.25, 0.3) is 0 Å². The molecule has 1 aliphatic heterocycles. The van der Waals surface area contributed by atoms with Gasteiger partial charge in [-0.2, -0.15) is 0 Å². The number of carbonyl (C=O) groups excluding carboxylic acids is 2. The molecular formula is C33H35N3O5. The molecule has 0 spiro atoms. The maximum Gasteiger partial charge on any atom is 0.254 e. The molecular weight excluding hydrogens is 518 g/mol. The van der Waals surface area contributed by atoms with Crippen LogP contribution in [0.15, 0.2) is 91.1 Å². The van der Waals surface area contributed by atoms with Crippen molar-refractivity contribution in [3.8, 4) is 23.0 Å². The van der Waals surface area contributed by atoms with Crippen LogP contribution >= 0.6 is 0 Å². The van der Waals surface area contributed by atoms with Gasteiger partial charge in [0.05, 0.1) is 20.3 Å². The number of carbonyl (C=O) groups is 2. The van der Waals surface area contributed by atoms with E-state index in [0.29, 0.717) is 35.9 Å². The minimum atomic E-state index is -0.327. The van der Waals surface area contributed by atoms with E-state index in [0.717, 1.165) is 17.0 Å². The molecule has 1 atom stereocenters. The van der Waals surface area contributed by atoms with Crippen LogP contribution in [-0.2, 0) is 11.3 Å². The highest BCUT2D eigenvalue weighted by Gasteiger charge is 2.34. The van der Waals surface area contributed by atoms with Gasteiger partial charge in [0.15, 0.2) is 0 Å². The van der Waals surface area contributed by atoms with Gasteiger partial charge in [-0.05, 0) is 67.9 Å². The maximum absolute atomic E-state index is 14.0. The van der Waals surface area contributed by atoms with E-state index in [9.17, 15) is 9.59 Å². The number of ether oxygens (including phenoxy) is 3. The summed E-state index contributed by atoms with van der Waals surface area (Å²) < 4.78 is 19.0. The molecule has 0 aliphatic carbocycles. The third kappa shape index (κ3) is 6.06. The third-order valence-electron chi connectivity index (χ3n) is 7.30. The first-order chi connectivity index (χ1) is 19.9. The zero-order valence-electron chi connectivity index (χ0n) is 23.8. The maximum atomic E-state index is 14.0. The van der Waals surface area contributed by atoms with Crippen molar-refractivity contribution in [2.24, 2.45) is 0 Å². The van der Waals surface area contributed by atoms with Crippen LogP contribution in [0.1, 0.15) is 41.5 Å². The fourth-order valence-electron chi connectivity index (χ4n) is 5.20. The molecule has 0 saturated carbocycles. The highest BCUT2D eigenvalue weighted by molar-refractivity contribution is 5.97. The lowest BCUT2D eigenvalue weighted by Gasteiger charge is -2.39. The normalized spacial score (nSPS) is 14.4. The van der Waals surface area contributed by atoms with Crippen molar-refractivity contribution in [3.63, 3.8) is 0 Å². The number of para-hydroxylation sites is 1. The van der Waals surface area contributed by atoms with Gasteiger partial charge in [-0.3, -0.25) is 9.59 Å². The van der Waals surface area contributed by atoms with Gasteiger partial charge < -0.3 is 28.6 Å². The van der Waals surface area contributed by atoms with Gasteiger partial charge in [-0.15, -0.1) is 0 Å². The van der Waals surface area contributed by atoms with E-state index >= 15 is 0 Å². The van der Waals surface area contributed by atoms with Crippen LogP contribution < -0.4 is 14.2 Å². The fourth-order valence-corrected chi connectivity index (χ4v) is 5.20. The number of hydrogen-bond donors (Lipinski definition) is 0. The minimum absolute atomic E-state index is 0.0621. The molecule has 212 valence electrons. The molecule has 0 N–H and O–H groups in total. The van der Waals surface area contributed by atoms with E-state index < -0.39 is 0 Å². The first kappa shape index (κ1) is 27.8. The molecule has 0 bridgehead atoms. The number of nitrogens with zero attached hydrogens (tertiary/aromatic N) is 3. The Hall–Kier alpha value is -4.72. The van der Waals surface area contributed by atoms with E-state index in [2.05, 4.69) is 4.57 Å². The molecule has 41 heavy (non-hydrogen) atoms. The molecule has 4 aromatic rings. The average molecular weight is 554 g/mol. The van der Waals surface area contributed by atoms with Gasteiger partial charge >= 0.3 is 0 Å². The summed E-state index contributed by atoms with van der Waals surface area (Å²) in [5.41, 5.74) is 2.35. The van der Waals surface area contributed by atoms with Crippen LogP contribution in [0, 0.1) is 0 Å². The summed E-state index contributed by atoms with van der Waals surface area (Å²) in [5, 5.41) is 0.